The summed E-state index contributed by atoms with van der Waals surface area (Å²) in [5.74, 6) is -0.440. The zero-order chi connectivity index (χ0) is 11.3. The van der Waals surface area contributed by atoms with Crippen LogP contribution in [-0.4, -0.2) is 50.0 Å². The van der Waals surface area contributed by atoms with Gasteiger partial charge in [-0.25, -0.2) is 0 Å². The Morgan fingerprint density at radius 3 is 2.81 bits per heavy atom. The molecule has 0 saturated carbocycles. The Morgan fingerprint density at radius 1 is 1.38 bits per heavy atom. The molecule has 3 rings (SSSR count). The number of aromatic nitrogens is 4. The van der Waals surface area contributed by atoms with Gasteiger partial charge in [-0.15, -0.1) is 10.2 Å². The molecule has 0 bridgehead atoms. The van der Waals surface area contributed by atoms with E-state index in [1.54, 1.807) is 13.8 Å². The minimum Gasteiger partial charge on any atom is -0.387 e. The number of hydrogen-bond donors (Lipinski definition) is 2. The molecule has 0 radical (unpaired) electrons. The minimum atomic E-state index is -0.857. The third kappa shape index (κ3) is 1.42. The smallest absolute Gasteiger partial charge is 0.206 e. The van der Waals surface area contributed by atoms with Crippen LogP contribution in [0.5, 0.6) is 0 Å². The Bertz CT molecular complexity index is 381. The lowest BCUT2D eigenvalue weighted by Gasteiger charge is -2.21. The van der Waals surface area contributed by atoms with Crippen molar-refractivity contribution in [1.29, 1.82) is 0 Å². The van der Waals surface area contributed by atoms with Gasteiger partial charge >= 0.3 is 0 Å². The second kappa shape index (κ2) is 3.20. The van der Waals surface area contributed by atoms with Gasteiger partial charge in [0.2, 0.25) is 5.82 Å². The van der Waals surface area contributed by atoms with Crippen LogP contribution in [0.4, 0.5) is 0 Å². The number of H-pyrrole nitrogens is 1. The molecular weight excluding hydrogens is 216 g/mol. The Hall–Kier alpha value is -1.09. The highest BCUT2D eigenvalue weighted by Gasteiger charge is 2.55. The summed E-state index contributed by atoms with van der Waals surface area (Å²) in [5.41, 5.74) is 0. The molecule has 0 aromatic carbocycles. The average Bonchev–Trinajstić information content (AvgIpc) is 2.84. The van der Waals surface area contributed by atoms with Gasteiger partial charge in [0.15, 0.2) is 18.2 Å². The maximum atomic E-state index is 10.0. The maximum absolute atomic E-state index is 10.0. The van der Waals surface area contributed by atoms with Gasteiger partial charge in [0.1, 0.15) is 12.2 Å². The van der Waals surface area contributed by atoms with Gasteiger partial charge in [0.25, 0.3) is 0 Å². The number of hydrogen-bond acceptors (Lipinski definition) is 7. The van der Waals surface area contributed by atoms with Crippen LogP contribution in [0.15, 0.2) is 0 Å². The van der Waals surface area contributed by atoms with E-state index in [1.165, 1.54) is 0 Å². The Kier molecular flexibility index (Phi) is 2.02. The van der Waals surface area contributed by atoms with Crippen molar-refractivity contribution < 1.29 is 19.3 Å². The topological polar surface area (TPSA) is 102 Å². The van der Waals surface area contributed by atoms with Gasteiger partial charge in [-0.05, 0) is 13.8 Å². The standard InChI is InChI=1S/C8H12N4O4/c1-8(2)15-5-3(13)4(14-7(5)16-8)6-9-11-12-10-6/h3-5,7,13H,1-2H3,(H,9,10,11,12)/t3-,4-,5+,7+/m0/s1. The molecular formula is C8H12N4O4. The molecule has 8 nitrogen and oxygen atoms in total. The third-order valence-corrected chi connectivity index (χ3v) is 2.63. The summed E-state index contributed by atoms with van der Waals surface area (Å²) in [6.45, 7) is 3.54. The van der Waals surface area contributed by atoms with Gasteiger partial charge in [-0.1, -0.05) is 5.21 Å². The molecule has 2 fully saturated rings. The fraction of sp³-hybridized carbons (Fsp3) is 0.875. The van der Waals surface area contributed by atoms with Crippen molar-refractivity contribution in [2.75, 3.05) is 0 Å². The quantitative estimate of drug-likeness (QED) is 0.642. The van der Waals surface area contributed by atoms with Crippen LogP contribution in [0.3, 0.4) is 0 Å². The molecule has 16 heavy (non-hydrogen) atoms. The molecule has 2 aliphatic heterocycles. The molecule has 2 saturated heterocycles. The number of aliphatic hydroxyl groups is 1. The first kappa shape index (κ1) is 10.1. The normalized spacial score (nSPS) is 41.2. The van der Waals surface area contributed by atoms with Gasteiger partial charge in [-0.3, -0.25) is 0 Å². The van der Waals surface area contributed by atoms with Crippen molar-refractivity contribution in [1.82, 2.24) is 20.6 Å². The molecule has 0 aliphatic carbocycles. The van der Waals surface area contributed by atoms with Crippen molar-refractivity contribution in [3.05, 3.63) is 5.82 Å². The predicted molar refractivity (Wildman–Crippen MR) is 47.8 cm³/mol. The molecule has 2 N–H and O–H groups in total. The second-order valence-corrected chi connectivity index (χ2v) is 4.29. The highest BCUT2D eigenvalue weighted by molar-refractivity contribution is 5.00. The zero-order valence-corrected chi connectivity index (χ0v) is 8.82. The molecule has 3 heterocycles. The van der Waals surface area contributed by atoms with Gasteiger partial charge in [-0.2, -0.15) is 5.21 Å². The van der Waals surface area contributed by atoms with E-state index in [4.69, 9.17) is 14.2 Å². The van der Waals surface area contributed by atoms with Crippen LogP contribution in [0, 0.1) is 0 Å². The number of rotatable bonds is 1. The van der Waals surface area contributed by atoms with E-state index in [9.17, 15) is 5.11 Å². The van der Waals surface area contributed by atoms with Gasteiger partial charge < -0.3 is 19.3 Å². The summed E-state index contributed by atoms with van der Waals surface area (Å²) in [4.78, 5) is 0. The van der Waals surface area contributed by atoms with Crippen molar-refractivity contribution in [3.8, 4) is 0 Å². The molecule has 0 amide bonds. The molecule has 0 unspecified atom stereocenters. The van der Waals surface area contributed by atoms with Crippen LogP contribution >= 0.6 is 0 Å². The largest absolute Gasteiger partial charge is 0.387 e. The summed E-state index contributed by atoms with van der Waals surface area (Å²) >= 11 is 0. The van der Waals surface area contributed by atoms with E-state index in [0.717, 1.165) is 0 Å². The lowest BCUT2D eigenvalue weighted by Crippen LogP contribution is -2.31. The van der Waals surface area contributed by atoms with Crippen LogP contribution in [-0.2, 0) is 14.2 Å². The molecule has 1 aromatic rings. The summed E-state index contributed by atoms with van der Waals surface area (Å²) in [7, 11) is 0. The lowest BCUT2D eigenvalue weighted by atomic mass is 10.1. The molecule has 4 atom stereocenters. The Balaban J connectivity index is 1.81. The highest BCUT2D eigenvalue weighted by Crippen LogP contribution is 2.41. The van der Waals surface area contributed by atoms with Crippen LogP contribution < -0.4 is 0 Å². The van der Waals surface area contributed by atoms with E-state index in [0.29, 0.717) is 5.82 Å². The van der Waals surface area contributed by atoms with Gasteiger partial charge in [0.05, 0.1) is 0 Å². The van der Waals surface area contributed by atoms with E-state index in [1.807, 2.05) is 0 Å². The SMILES string of the molecule is CC1(C)O[C@H]2O[C@H](c3nn[nH]n3)[C@H](O)[C@H]2O1. The van der Waals surface area contributed by atoms with Crippen LogP contribution in [0.1, 0.15) is 25.8 Å². The Morgan fingerprint density at radius 2 is 2.19 bits per heavy atom. The molecule has 0 spiro atoms. The number of tetrazole rings is 1. The number of aromatic amines is 1. The minimum absolute atomic E-state index is 0.298. The molecule has 88 valence electrons. The summed E-state index contributed by atoms with van der Waals surface area (Å²) < 4.78 is 16.5. The van der Waals surface area contributed by atoms with E-state index < -0.39 is 30.4 Å². The number of ether oxygens (including phenoxy) is 3. The molecule has 2 aliphatic rings. The highest BCUT2D eigenvalue weighted by atomic mass is 16.8. The first-order valence-electron chi connectivity index (χ1n) is 4.99. The number of nitrogens with one attached hydrogen (secondary N) is 1. The fourth-order valence-electron chi connectivity index (χ4n) is 1.99. The molecule has 1 aromatic heterocycles. The third-order valence-electron chi connectivity index (χ3n) is 2.63. The van der Waals surface area contributed by atoms with Crippen molar-refractivity contribution >= 4 is 0 Å². The average molecular weight is 228 g/mol. The van der Waals surface area contributed by atoms with E-state index in [-0.39, 0.29) is 0 Å². The molecule has 8 heteroatoms. The van der Waals surface area contributed by atoms with Gasteiger partial charge in [0, 0.05) is 0 Å². The Labute approximate surface area is 90.9 Å². The second-order valence-electron chi connectivity index (χ2n) is 4.29. The summed E-state index contributed by atoms with van der Waals surface area (Å²) in [5, 5.41) is 23.3. The van der Waals surface area contributed by atoms with Crippen molar-refractivity contribution in [2.24, 2.45) is 0 Å². The summed E-state index contributed by atoms with van der Waals surface area (Å²) in [6.07, 6.45) is -2.62. The van der Waals surface area contributed by atoms with Crippen LogP contribution in [0.25, 0.3) is 0 Å². The monoisotopic (exact) mass is 228 g/mol. The predicted octanol–water partition coefficient (Wildman–Crippen LogP) is -0.891. The fourth-order valence-corrected chi connectivity index (χ4v) is 1.99. The number of aliphatic hydroxyl groups excluding tert-OH is 1. The van der Waals surface area contributed by atoms with E-state index >= 15 is 0 Å². The zero-order valence-electron chi connectivity index (χ0n) is 8.82. The number of nitrogens with zero attached hydrogens (tertiary/aromatic N) is 3. The lowest BCUT2D eigenvalue weighted by molar-refractivity contribution is -0.216. The van der Waals surface area contributed by atoms with Crippen LogP contribution in [0.2, 0.25) is 0 Å². The first-order chi connectivity index (χ1) is 7.57. The first-order valence-corrected chi connectivity index (χ1v) is 4.99. The summed E-state index contributed by atoms with van der Waals surface area (Å²) in [6, 6.07) is 0. The maximum Gasteiger partial charge on any atom is 0.206 e. The van der Waals surface area contributed by atoms with Crippen molar-refractivity contribution in [2.45, 2.75) is 44.2 Å². The number of fused-ring (bicyclic) bond motifs is 1. The van der Waals surface area contributed by atoms with E-state index in [2.05, 4.69) is 20.6 Å². The van der Waals surface area contributed by atoms with Crippen molar-refractivity contribution in [3.63, 3.8) is 0 Å².